The number of hydrogen-bond acceptors (Lipinski definition) is 4. The van der Waals surface area contributed by atoms with Crippen molar-refractivity contribution in [1.29, 1.82) is 0 Å². The summed E-state index contributed by atoms with van der Waals surface area (Å²) in [5.41, 5.74) is -1.19. The molecule has 5 heteroatoms. The van der Waals surface area contributed by atoms with E-state index in [4.69, 9.17) is 4.74 Å². The van der Waals surface area contributed by atoms with Crippen LogP contribution in [0.1, 0.15) is 20.8 Å². The highest BCUT2D eigenvalue weighted by Crippen LogP contribution is 2.42. The quantitative estimate of drug-likeness (QED) is 0.602. The average Bonchev–Trinajstić information content (AvgIpc) is 2.37. The van der Waals surface area contributed by atoms with Crippen molar-refractivity contribution >= 4 is 11.9 Å². The van der Waals surface area contributed by atoms with Gasteiger partial charge in [0.1, 0.15) is 6.10 Å². The third-order valence-corrected chi connectivity index (χ3v) is 3.32. The first-order valence-corrected chi connectivity index (χ1v) is 5.12. The van der Waals surface area contributed by atoms with Crippen LogP contribution in [0.3, 0.4) is 0 Å². The van der Waals surface area contributed by atoms with Crippen LogP contribution in [0.5, 0.6) is 0 Å². The first-order chi connectivity index (χ1) is 6.91. The molecule has 0 aromatic heterocycles. The zero-order valence-corrected chi connectivity index (χ0v) is 8.98. The second-order valence-corrected chi connectivity index (χ2v) is 4.66. The van der Waals surface area contributed by atoms with Gasteiger partial charge in [0.05, 0.1) is 12.0 Å². The summed E-state index contributed by atoms with van der Waals surface area (Å²) in [6.45, 7) is 5.30. The number of amides is 1. The van der Waals surface area contributed by atoms with Crippen molar-refractivity contribution in [2.45, 2.75) is 38.5 Å². The number of aliphatic hydroxyl groups excluding tert-OH is 1. The number of rotatable bonds is 2. The molecule has 4 atom stereocenters. The number of aliphatic hydroxyl groups is 1. The molecule has 0 bridgehead atoms. The van der Waals surface area contributed by atoms with Crippen molar-refractivity contribution in [3.8, 4) is 0 Å². The molecule has 84 valence electrons. The van der Waals surface area contributed by atoms with Crippen LogP contribution in [-0.2, 0) is 14.3 Å². The lowest BCUT2D eigenvalue weighted by molar-refractivity contribution is -0.206. The highest BCUT2D eigenvalue weighted by atomic mass is 16.6. The van der Waals surface area contributed by atoms with E-state index in [0.29, 0.717) is 0 Å². The molecule has 2 heterocycles. The van der Waals surface area contributed by atoms with Gasteiger partial charge in [0, 0.05) is 0 Å². The number of ether oxygens (including phenoxy) is 1. The first-order valence-electron chi connectivity index (χ1n) is 5.12. The van der Waals surface area contributed by atoms with E-state index in [1.807, 2.05) is 0 Å². The lowest BCUT2D eigenvalue weighted by atomic mass is 9.76. The normalized spacial score (nSPS) is 40.6. The van der Waals surface area contributed by atoms with Crippen LogP contribution in [0, 0.1) is 11.8 Å². The van der Waals surface area contributed by atoms with Crippen LogP contribution in [0.4, 0.5) is 0 Å². The van der Waals surface area contributed by atoms with Gasteiger partial charge in [-0.2, -0.15) is 0 Å². The van der Waals surface area contributed by atoms with Crippen molar-refractivity contribution in [3.63, 3.8) is 0 Å². The molecule has 2 fully saturated rings. The number of hydrogen-bond donors (Lipinski definition) is 2. The molecule has 0 saturated carbocycles. The minimum absolute atomic E-state index is 0.106. The van der Waals surface area contributed by atoms with E-state index >= 15 is 0 Å². The van der Waals surface area contributed by atoms with Crippen LogP contribution < -0.4 is 5.32 Å². The number of esters is 1. The Morgan fingerprint density at radius 2 is 2.07 bits per heavy atom. The van der Waals surface area contributed by atoms with Crippen molar-refractivity contribution in [1.82, 2.24) is 5.32 Å². The molecule has 0 radical (unpaired) electrons. The summed E-state index contributed by atoms with van der Waals surface area (Å²) in [6, 6.07) is 0. The maximum atomic E-state index is 11.5. The predicted molar refractivity (Wildman–Crippen MR) is 50.8 cm³/mol. The molecule has 0 aromatic rings. The standard InChI is InChI=1S/C10H15NO4/c1-4(2)6(12)10-7(15-9(10)14)5(3)8(13)11-10/h4-7,12H,1-3H3,(H,11,13)/t5-,6?,7-,10-/m0/s1. The minimum atomic E-state index is -1.19. The number of carbonyl (C=O) groups excluding carboxylic acids is 2. The van der Waals surface area contributed by atoms with Crippen LogP contribution in [0.15, 0.2) is 0 Å². The minimum Gasteiger partial charge on any atom is -0.456 e. The predicted octanol–water partition coefficient (Wildman–Crippen LogP) is -0.567. The average molecular weight is 213 g/mol. The third kappa shape index (κ3) is 1.07. The second-order valence-electron chi connectivity index (χ2n) is 4.66. The fourth-order valence-corrected chi connectivity index (χ4v) is 2.33. The van der Waals surface area contributed by atoms with Crippen LogP contribution in [0.2, 0.25) is 0 Å². The summed E-state index contributed by atoms with van der Waals surface area (Å²) < 4.78 is 4.94. The summed E-state index contributed by atoms with van der Waals surface area (Å²) in [5.74, 6) is -1.24. The fourth-order valence-electron chi connectivity index (χ4n) is 2.33. The highest BCUT2D eigenvalue weighted by molar-refractivity contribution is 5.99. The number of nitrogens with one attached hydrogen (secondary N) is 1. The van der Waals surface area contributed by atoms with Gasteiger partial charge >= 0.3 is 5.97 Å². The summed E-state index contributed by atoms with van der Waals surface area (Å²) in [7, 11) is 0. The van der Waals surface area contributed by atoms with Gasteiger partial charge in [0.15, 0.2) is 0 Å². The van der Waals surface area contributed by atoms with E-state index in [-0.39, 0.29) is 17.7 Å². The zero-order chi connectivity index (χ0) is 11.4. The molecule has 15 heavy (non-hydrogen) atoms. The van der Waals surface area contributed by atoms with Gasteiger partial charge in [-0.1, -0.05) is 13.8 Å². The molecule has 1 unspecified atom stereocenters. The molecule has 2 N–H and O–H groups in total. The van der Waals surface area contributed by atoms with E-state index in [2.05, 4.69) is 5.32 Å². The smallest absolute Gasteiger partial charge is 0.338 e. The fraction of sp³-hybridized carbons (Fsp3) is 0.800. The van der Waals surface area contributed by atoms with Crippen LogP contribution >= 0.6 is 0 Å². The van der Waals surface area contributed by atoms with Gasteiger partial charge in [0.2, 0.25) is 11.4 Å². The molecular weight excluding hydrogens is 198 g/mol. The Labute approximate surface area is 87.8 Å². The number of fused-ring (bicyclic) bond motifs is 1. The molecule has 5 nitrogen and oxygen atoms in total. The molecule has 2 aliphatic rings. The van der Waals surface area contributed by atoms with Crippen LogP contribution in [-0.4, -0.2) is 34.7 Å². The lowest BCUT2D eigenvalue weighted by Crippen LogP contribution is -2.73. The van der Waals surface area contributed by atoms with E-state index < -0.39 is 23.7 Å². The summed E-state index contributed by atoms with van der Waals surface area (Å²) in [4.78, 5) is 22.9. The Kier molecular flexibility index (Phi) is 2.05. The van der Waals surface area contributed by atoms with E-state index in [1.54, 1.807) is 20.8 Å². The lowest BCUT2D eigenvalue weighted by Gasteiger charge is -2.46. The summed E-state index contributed by atoms with van der Waals surface area (Å²) in [6.07, 6.45) is -1.41. The Balaban J connectivity index is 2.33. The van der Waals surface area contributed by atoms with E-state index in [1.165, 1.54) is 0 Å². The molecule has 0 aliphatic carbocycles. The SMILES string of the molecule is CC(C)C(O)[C@]12NC(=O)[C@@H](C)[C@@H]1OC2=O. The maximum absolute atomic E-state index is 11.5. The van der Waals surface area contributed by atoms with Crippen molar-refractivity contribution in [3.05, 3.63) is 0 Å². The zero-order valence-electron chi connectivity index (χ0n) is 8.98. The van der Waals surface area contributed by atoms with Gasteiger partial charge in [-0.15, -0.1) is 0 Å². The van der Waals surface area contributed by atoms with E-state index in [9.17, 15) is 14.7 Å². The molecule has 1 amide bonds. The molecule has 2 aliphatic heterocycles. The largest absolute Gasteiger partial charge is 0.456 e. The van der Waals surface area contributed by atoms with Crippen molar-refractivity contribution < 1.29 is 19.4 Å². The highest BCUT2D eigenvalue weighted by Gasteiger charge is 2.70. The van der Waals surface area contributed by atoms with Crippen molar-refractivity contribution in [2.75, 3.05) is 0 Å². The monoisotopic (exact) mass is 213 g/mol. The summed E-state index contributed by atoms with van der Waals surface area (Å²) >= 11 is 0. The molecule has 2 saturated heterocycles. The Morgan fingerprint density at radius 3 is 2.47 bits per heavy atom. The summed E-state index contributed by atoms with van der Waals surface area (Å²) in [5, 5.41) is 12.6. The Bertz CT molecular complexity index is 327. The molecule has 2 rings (SSSR count). The second kappa shape index (κ2) is 2.95. The van der Waals surface area contributed by atoms with Gasteiger partial charge < -0.3 is 15.2 Å². The van der Waals surface area contributed by atoms with Crippen molar-refractivity contribution in [2.24, 2.45) is 11.8 Å². The topological polar surface area (TPSA) is 75.6 Å². The molecular formula is C10H15NO4. The Hall–Kier alpha value is -1.10. The Morgan fingerprint density at radius 1 is 1.47 bits per heavy atom. The van der Waals surface area contributed by atoms with Gasteiger partial charge in [-0.25, -0.2) is 4.79 Å². The molecule has 0 aromatic carbocycles. The van der Waals surface area contributed by atoms with Gasteiger partial charge in [0.25, 0.3) is 0 Å². The first kappa shape index (κ1) is 10.4. The van der Waals surface area contributed by atoms with Gasteiger partial charge in [-0.05, 0) is 12.8 Å². The van der Waals surface area contributed by atoms with Crippen LogP contribution in [0.25, 0.3) is 0 Å². The van der Waals surface area contributed by atoms with Gasteiger partial charge in [-0.3, -0.25) is 4.79 Å². The number of carbonyl (C=O) groups is 2. The third-order valence-electron chi connectivity index (χ3n) is 3.32. The maximum Gasteiger partial charge on any atom is 0.338 e. The van der Waals surface area contributed by atoms with E-state index in [0.717, 1.165) is 0 Å². The molecule has 0 spiro atoms.